The Morgan fingerprint density at radius 3 is 1.95 bits per heavy atom. The van der Waals surface area contributed by atoms with Crippen molar-refractivity contribution in [1.29, 1.82) is 0 Å². The largest absolute Gasteiger partial charge is 0.457 e. The van der Waals surface area contributed by atoms with Gasteiger partial charge in [0.25, 0.3) is 0 Å². The summed E-state index contributed by atoms with van der Waals surface area (Å²) in [7, 11) is 2.69. The van der Waals surface area contributed by atoms with Gasteiger partial charge in [0.1, 0.15) is 29.4 Å². The quantitative estimate of drug-likeness (QED) is 0.182. The summed E-state index contributed by atoms with van der Waals surface area (Å²) in [6, 6.07) is 11.4. The van der Waals surface area contributed by atoms with Crippen LogP contribution >= 0.6 is 0 Å². The van der Waals surface area contributed by atoms with Crippen LogP contribution in [0.5, 0.6) is 11.5 Å². The molecule has 0 radical (unpaired) electrons. The van der Waals surface area contributed by atoms with Crippen LogP contribution in [-0.4, -0.2) is 94.9 Å². The van der Waals surface area contributed by atoms with Crippen molar-refractivity contribution in [3.63, 3.8) is 0 Å². The summed E-state index contributed by atoms with van der Waals surface area (Å²) in [4.78, 5) is 70.3. The second kappa shape index (κ2) is 17.7. The molecule has 14 heteroatoms. The number of carbonyl (C=O) groups is 4. The van der Waals surface area contributed by atoms with Crippen LogP contribution in [0.15, 0.2) is 53.8 Å². The highest BCUT2D eigenvalue weighted by Crippen LogP contribution is 2.62. The molecule has 5 heterocycles. The Morgan fingerprint density at radius 1 is 0.719 bits per heavy atom. The van der Waals surface area contributed by atoms with Gasteiger partial charge in [-0.15, -0.1) is 0 Å². The van der Waals surface area contributed by atoms with Crippen LogP contribution in [0.3, 0.4) is 0 Å². The molecule has 3 N–H and O–H groups in total. The van der Waals surface area contributed by atoms with Crippen molar-refractivity contribution >= 4 is 35.3 Å². The smallest absolute Gasteiger partial charge is 0.407 e. The number of carbonyl (C=O) groups excluding carboxylic acids is 4. The molecule has 3 saturated carbocycles. The third-order valence-electron chi connectivity index (χ3n) is 15.5. The van der Waals surface area contributed by atoms with Gasteiger partial charge in [-0.25, -0.2) is 14.6 Å². The van der Waals surface area contributed by atoms with Gasteiger partial charge in [-0.2, -0.15) is 0 Å². The average molecular weight is 872 g/mol. The first-order chi connectivity index (χ1) is 31.2. The first-order valence-electron chi connectivity index (χ1n) is 23.8. The van der Waals surface area contributed by atoms with Crippen LogP contribution in [0.4, 0.5) is 9.59 Å². The molecular weight excluding hydrogens is 811 g/mol. The Balaban J connectivity index is 0.822. The average Bonchev–Trinajstić information content (AvgIpc) is 3.90. The van der Waals surface area contributed by atoms with E-state index in [1.807, 2.05) is 22.2 Å². The number of hydrogen-bond donors (Lipinski definition) is 3. The van der Waals surface area contributed by atoms with Gasteiger partial charge in [-0.1, -0.05) is 50.7 Å². The molecule has 64 heavy (non-hydrogen) atoms. The lowest BCUT2D eigenvalue weighted by atomic mass is 9.82. The number of aromatic nitrogens is 2. The zero-order valence-electron chi connectivity index (χ0n) is 37.2. The highest BCUT2D eigenvalue weighted by atomic mass is 16.5. The summed E-state index contributed by atoms with van der Waals surface area (Å²) in [5, 5.41) is 5.79. The topological polar surface area (TPSA) is 168 Å². The second-order valence-corrected chi connectivity index (χ2v) is 19.1. The Bertz CT molecular complexity index is 2360. The summed E-state index contributed by atoms with van der Waals surface area (Å²) in [5.74, 6) is 2.61. The molecule has 0 bridgehead atoms. The number of imidazole rings is 1. The van der Waals surface area contributed by atoms with E-state index in [4.69, 9.17) is 24.2 Å². The van der Waals surface area contributed by atoms with Crippen molar-refractivity contribution in [3.8, 4) is 22.8 Å². The van der Waals surface area contributed by atoms with Crippen molar-refractivity contribution in [2.45, 2.75) is 139 Å². The third-order valence-corrected chi connectivity index (χ3v) is 15.5. The normalized spacial score (nSPS) is 23.6. The molecule has 3 aromatic rings. The van der Waals surface area contributed by atoms with Crippen molar-refractivity contribution < 1.29 is 33.4 Å². The number of hydrogen-bond acceptors (Lipinski definition) is 9. The van der Waals surface area contributed by atoms with E-state index in [-0.39, 0.29) is 41.1 Å². The van der Waals surface area contributed by atoms with Crippen molar-refractivity contribution in [1.82, 2.24) is 30.4 Å². The number of alkyl carbamates (subject to hydrolysis) is 2. The van der Waals surface area contributed by atoms with Gasteiger partial charge in [0.15, 0.2) is 0 Å². The fraction of sp³-hybridized carbons (Fsp3) is 0.560. The van der Waals surface area contributed by atoms with Gasteiger partial charge >= 0.3 is 12.2 Å². The lowest BCUT2D eigenvalue weighted by molar-refractivity contribution is -0.136. The molecular formula is C50H61N7O7. The summed E-state index contributed by atoms with van der Waals surface area (Å²) in [6.07, 6.45) is 19.1. The number of methoxy groups -OCH3 is 2. The summed E-state index contributed by atoms with van der Waals surface area (Å²) in [5.41, 5.74) is 7.30. The second-order valence-electron chi connectivity index (χ2n) is 19.1. The fourth-order valence-corrected chi connectivity index (χ4v) is 11.9. The lowest BCUT2D eigenvalue weighted by Gasteiger charge is -2.34. The first-order valence-corrected chi connectivity index (χ1v) is 23.8. The van der Waals surface area contributed by atoms with Crippen LogP contribution in [0.25, 0.3) is 16.8 Å². The Labute approximate surface area is 375 Å². The number of likely N-dealkylation sites (tertiary alicyclic amines) is 2. The Kier molecular flexibility index (Phi) is 11.7. The van der Waals surface area contributed by atoms with Gasteiger partial charge in [0.2, 0.25) is 11.8 Å². The van der Waals surface area contributed by atoms with E-state index < -0.39 is 24.3 Å². The molecule has 14 nitrogen and oxygen atoms in total. The van der Waals surface area contributed by atoms with E-state index in [0.717, 1.165) is 148 Å². The Hall–Kier alpha value is -5.66. The molecule has 4 amide bonds. The lowest BCUT2D eigenvalue weighted by Crippen LogP contribution is -2.54. The molecule has 0 unspecified atom stereocenters. The molecule has 338 valence electrons. The molecule has 1 aromatic heterocycles. The number of aromatic amines is 1. The van der Waals surface area contributed by atoms with Gasteiger partial charge in [-0.3, -0.25) is 14.6 Å². The molecule has 4 aliphatic heterocycles. The predicted molar refractivity (Wildman–Crippen MR) is 241 cm³/mol. The number of nitrogens with one attached hydrogen (secondary N) is 3. The highest BCUT2D eigenvalue weighted by Gasteiger charge is 2.52. The number of allylic oxidation sites excluding steroid dienone is 1. The molecule has 1 spiro atoms. The van der Waals surface area contributed by atoms with Gasteiger partial charge in [-0.05, 0) is 111 Å². The number of amides is 4. The van der Waals surface area contributed by atoms with Crippen molar-refractivity contribution in [2.75, 3.05) is 27.3 Å². The van der Waals surface area contributed by atoms with Crippen LogP contribution in [0.1, 0.15) is 138 Å². The monoisotopic (exact) mass is 871 g/mol. The number of aliphatic imine (C=N–C) groups is 1. The Morgan fingerprint density at radius 2 is 1.33 bits per heavy atom. The molecule has 2 saturated heterocycles. The standard InChI is InChI=1S/C50H61N7O7/c1-62-48(60)54-43(30-11-5-3-6-12-30)46(58)56-23-9-15-39(56)37-26-34(28-51-37)32-17-19-35-42(27-32)64-41-20-18-33(25-36(41)50(35)21-22-50)38-29-52-45(53-38)40-16-10-24-57(40)47(59)44(55-49(61)63-2)31-13-7-4-8-14-31/h17-20,25,27-31,39-40,43-44H,3-16,21-24,26H2,1-2H3,(H,52,53)(H,54,60)(H,55,61)/t39-,40-,43-,44-/m0/s1. The van der Waals surface area contributed by atoms with Crippen molar-refractivity contribution in [3.05, 3.63) is 71.3 Å². The minimum atomic E-state index is -0.610. The maximum Gasteiger partial charge on any atom is 0.407 e. The van der Waals surface area contributed by atoms with E-state index >= 15 is 0 Å². The molecule has 10 rings (SSSR count). The maximum atomic E-state index is 14.2. The van der Waals surface area contributed by atoms with Crippen LogP contribution in [0, 0.1) is 11.8 Å². The summed E-state index contributed by atoms with van der Waals surface area (Å²) < 4.78 is 16.6. The van der Waals surface area contributed by atoms with E-state index in [2.05, 4.69) is 52.0 Å². The van der Waals surface area contributed by atoms with E-state index in [1.54, 1.807) is 0 Å². The van der Waals surface area contributed by atoms with E-state index in [1.165, 1.54) is 25.3 Å². The number of rotatable bonds is 10. The number of ether oxygens (including phenoxy) is 3. The SMILES string of the molecule is COC(=O)N[C@H](C(=O)N1CCC[C@H]1C1=NC=C(c2ccc3c(c2)Oc2ccc(-c4cnc([C@@H]5CCCN5C(=O)[C@@H](NC(=O)OC)C5CCCCC5)[nH]4)cc2C32CC2)C1)C1CCCCC1. The predicted octanol–water partition coefficient (Wildman–Crippen LogP) is 8.71. The number of fused-ring (bicyclic) bond motifs is 4. The fourth-order valence-electron chi connectivity index (χ4n) is 11.9. The summed E-state index contributed by atoms with van der Waals surface area (Å²) in [6.45, 7) is 1.27. The molecule has 2 aromatic carbocycles. The molecule has 3 aliphatic carbocycles. The highest BCUT2D eigenvalue weighted by molar-refractivity contribution is 6.04. The number of benzene rings is 2. The van der Waals surface area contributed by atoms with E-state index in [0.29, 0.717) is 19.5 Å². The number of nitrogens with zero attached hydrogens (tertiary/aromatic N) is 4. The zero-order chi connectivity index (χ0) is 44.0. The van der Waals surface area contributed by atoms with Crippen molar-refractivity contribution in [2.24, 2.45) is 16.8 Å². The molecule has 7 aliphatic rings. The van der Waals surface area contributed by atoms with Gasteiger partial charge < -0.3 is 39.6 Å². The van der Waals surface area contributed by atoms with Crippen LogP contribution in [0.2, 0.25) is 0 Å². The molecule has 4 atom stereocenters. The summed E-state index contributed by atoms with van der Waals surface area (Å²) >= 11 is 0. The maximum absolute atomic E-state index is 14.2. The van der Waals surface area contributed by atoms with Gasteiger partial charge in [0, 0.05) is 53.5 Å². The van der Waals surface area contributed by atoms with Crippen LogP contribution in [-0.2, 0) is 24.5 Å². The minimum Gasteiger partial charge on any atom is -0.457 e. The molecule has 5 fully saturated rings. The third kappa shape index (κ3) is 7.95. The van der Waals surface area contributed by atoms with Crippen LogP contribution < -0.4 is 15.4 Å². The zero-order valence-corrected chi connectivity index (χ0v) is 37.2. The number of H-pyrrole nitrogens is 1. The first kappa shape index (κ1) is 42.3. The minimum absolute atomic E-state index is 0.0239. The van der Waals surface area contributed by atoms with E-state index in [9.17, 15) is 19.2 Å². The van der Waals surface area contributed by atoms with Gasteiger partial charge in [0.05, 0.1) is 38.2 Å².